The fraction of sp³-hybridized carbons (Fsp3) is 0.218. The standard InChI is InChI=1S/C55H55N3/c1-53(2,3)42-24-29-46(30-25-42)57(45-19-11-10-12-20-45)50-35-44(55(7,8)9)36-51(52(50)41-22-21-38-16-13-14-17-40(38)34-41)58(47-31-26-43(27-32-47)54(4,5)6)48-28-23-39-18-15-33-56-49(39)37-48/h10-37H,1-9H3. The fourth-order valence-corrected chi connectivity index (χ4v) is 7.88. The quantitative estimate of drug-likeness (QED) is 0.161. The van der Waals surface area contributed by atoms with Crippen LogP contribution in [0, 0.1) is 0 Å². The predicted octanol–water partition coefficient (Wildman–Crippen LogP) is 15.9. The van der Waals surface area contributed by atoms with Crippen molar-refractivity contribution in [1.29, 1.82) is 0 Å². The van der Waals surface area contributed by atoms with Crippen LogP contribution in [0.5, 0.6) is 0 Å². The molecule has 0 aliphatic heterocycles. The van der Waals surface area contributed by atoms with Gasteiger partial charge in [-0.1, -0.05) is 153 Å². The average Bonchev–Trinajstić information content (AvgIpc) is 3.20. The van der Waals surface area contributed by atoms with Gasteiger partial charge < -0.3 is 9.80 Å². The molecule has 290 valence electrons. The van der Waals surface area contributed by atoms with Gasteiger partial charge in [0.15, 0.2) is 0 Å². The molecule has 7 aromatic carbocycles. The van der Waals surface area contributed by atoms with E-state index in [4.69, 9.17) is 4.98 Å². The van der Waals surface area contributed by atoms with E-state index in [2.05, 4.69) is 230 Å². The first kappa shape index (κ1) is 38.7. The van der Waals surface area contributed by atoms with Gasteiger partial charge in [0.2, 0.25) is 0 Å². The molecule has 8 rings (SSSR count). The van der Waals surface area contributed by atoms with Gasteiger partial charge in [-0.3, -0.25) is 4.98 Å². The summed E-state index contributed by atoms with van der Waals surface area (Å²) in [6.45, 7) is 20.6. The Morgan fingerprint density at radius 3 is 1.40 bits per heavy atom. The molecule has 0 radical (unpaired) electrons. The molecule has 0 amide bonds. The fourth-order valence-electron chi connectivity index (χ4n) is 7.88. The summed E-state index contributed by atoms with van der Waals surface area (Å²) in [5, 5.41) is 3.53. The van der Waals surface area contributed by atoms with Gasteiger partial charge in [-0.2, -0.15) is 0 Å². The zero-order valence-corrected chi connectivity index (χ0v) is 35.5. The van der Waals surface area contributed by atoms with Crippen molar-refractivity contribution in [3.05, 3.63) is 187 Å². The van der Waals surface area contributed by atoms with Crippen molar-refractivity contribution in [2.75, 3.05) is 9.80 Å². The minimum absolute atomic E-state index is 0.0184. The van der Waals surface area contributed by atoms with Crippen molar-refractivity contribution in [2.45, 2.75) is 78.6 Å². The van der Waals surface area contributed by atoms with Gasteiger partial charge in [-0.05, 0) is 122 Å². The number of nitrogens with zero attached hydrogens (tertiary/aromatic N) is 3. The molecule has 1 heterocycles. The number of pyridine rings is 1. The largest absolute Gasteiger partial charge is 0.310 e. The Morgan fingerprint density at radius 1 is 0.362 bits per heavy atom. The van der Waals surface area contributed by atoms with Crippen molar-refractivity contribution >= 4 is 55.8 Å². The van der Waals surface area contributed by atoms with Crippen LogP contribution in [0.2, 0.25) is 0 Å². The minimum atomic E-state index is -0.170. The molecule has 0 N–H and O–H groups in total. The second kappa shape index (κ2) is 15.0. The topological polar surface area (TPSA) is 19.4 Å². The van der Waals surface area contributed by atoms with E-state index in [9.17, 15) is 0 Å². The van der Waals surface area contributed by atoms with Gasteiger partial charge in [-0.25, -0.2) is 0 Å². The zero-order valence-electron chi connectivity index (χ0n) is 35.5. The van der Waals surface area contributed by atoms with Crippen LogP contribution in [0.15, 0.2) is 170 Å². The van der Waals surface area contributed by atoms with Crippen LogP contribution in [0.25, 0.3) is 32.8 Å². The summed E-state index contributed by atoms with van der Waals surface area (Å²) in [6, 6.07) is 60.4. The summed E-state index contributed by atoms with van der Waals surface area (Å²) in [7, 11) is 0. The smallest absolute Gasteiger partial charge is 0.0722 e. The maximum Gasteiger partial charge on any atom is 0.0722 e. The number of aromatic nitrogens is 1. The lowest BCUT2D eigenvalue weighted by molar-refractivity contribution is 0.589. The van der Waals surface area contributed by atoms with Crippen LogP contribution in [-0.4, -0.2) is 4.98 Å². The predicted molar refractivity (Wildman–Crippen MR) is 250 cm³/mol. The number of fused-ring (bicyclic) bond motifs is 2. The first-order chi connectivity index (χ1) is 27.6. The Balaban J connectivity index is 1.51. The Kier molecular flexibility index (Phi) is 9.97. The molecular formula is C55H55N3. The molecule has 0 spiro atoms. The molecule has 3 nitrogen and oxygen atoms in total. The van der Waals surface area contributed by atoms with Crippen molar-refractivity contribution in [3.8, 4) is 11.1 Å². The number of anilines is 6. The first-order valence-electron chi connectivity index (χ1n) is 20.5. The lowest BCUT2D eigenvalue weighted by Crippen LogP contribution is -2.20. The molecule has 58 heavy (non-hydrogen) atoms. The summed E-state index contributed by atoms with van der Waals surface area (Å²) in [6.07, 6.45) is 1.89. The van der Waals surface area contributed by atoms with E-state index in [0.717, 1.165) is 56.2 Å². The molecule has 0 unspecified atom stereocenters. The third kappa shape index (κ3) is 7.74. The summed E-state index contributed by atoms with van der Waals surface area (Å²) in [4.78, 5) is 9.75. The van der Waals surface area contributed by atoms with Crippen molar-refractivity contribution in [3.63, 3.8) is 0 Å². The first-order valence-corrected chi connectivity index (χ1v) is 20.5. The second-order valence-corrected chi connectivity index (χ2v) is 18.7. The Bertz CT molecular complexity index is 2710. The lowest BCUT2D eigenvalue weighted by atomic mass is 9.83. The highest BCUT2D eigenvalue weighted by Gasteiger charge is 2.29. The number of rotatable bonds is 7. The van der Waals surface area contributed by atoms with Gasteiger partial charge >= 0.3 is 0 Å². The Labute approximate surface area is 345 Å². The SMILES string of the molecule is CC(C)(C)c1ccc(N(c2ccccc2)c2cc(C(C)(C)C)cc(N(c3ccc(C(C)(C)C)cc3)c3ccc4cccnc4c3)c2-c2ccc3ccccc3c2)cc1. The summed E-state index contributed by atoms with van der Waals surface area (Å²) in [5.74, 6) is 0. The zero-order chi connectivity index (χ0) is 40.8. The molecule has 0 bridgehead atoms. The Hall–Kier alpha value is -6.19. The van der Waals surface area contributed by atoms with Crippen LogP contribution in [0.1, 0.15) is 79.0 Å². The van der Waals surface area contributed by atoms with Crippen LogP contribution in [0.3, 0.4) is 0 Å². The maximum atomic E-state index is 4.84. The van der Waals surface area contributed by atoms with Gasteiger partial charge in [0.25, 0.3) is 0 Å². The highest BCUT2D eigenvalue weighted by atomic mass is 15.2. The molecule has 0 atom stereocenters. The Morgan fingerprint density at radius 2 is 0.828 bits per heavy atom. The van der Waals surface area contributed by atoms with E-state index >= 15 is 0 Å². The minimum Gasteiger partial charge on any atom is -0.310 e. The van der Waals surface area contributed by atoms with Crippen molar-refractivity contribution in [1.82, 2.24) is 4.98 Å². The van der Waals surface area contributed by atoms with Gasteiger partial charge in [0, 0.05) is 39.9 Å². The van der Waals surface area contributed by atoms with Crippen LogP contribution < -0.4 is 9.80 Å². The number of hydrogen-bond donors (Lipinski definition) is 0. The van der Waals surface area contributed by atoms with Gasteiger partial charge in [0.05, 0.1) is 16.9 Å². The second-order valence-electron chi connectivity index (χ2n) is 18.7. The van der Waals surface area contributed by atoms with Gasteiger partial charge in [-0.15, -0.1) is 0 Å². The van der Waals surface area contributed by atoms with E-state index in [0.29, 0.717) is 0 Å². The number of hydrogen-bond acceptors (Lipinski definition) is 3. The van der Waals surface area contributed by atoms with Crippen molar-refractivity contribution < 1.29 is 0 Å². The summed E-state index contributed by atoms with van der Waals surface area (Å²) in [5.41, 5.74) is 13.5. The number of benzene rings is 7. The van der Waals surface area contributed by atoms with E-state index < -0.39 is 0 Å². The summed E-state index contributed by atoms with van der Waals surface area (Å²) < 4.78 is 0. The highest BCUT2D eigenvalue weighted by molar-refractivity contribution is 6.02. The third-order valence-corrected chi connectivity index (χ3v) is 11.3. The van der Waals surface area contributed by atoms with Crippen molar-refractivity contribution in [2.24, 2.45) is 0 Å². The normalized spacial score (nSPS) is 12.2. The molecular weight excluding hydrogens is 703 g/mol. The molecule has 8 aromatic rings. The van der Waals surface area contributed by atoms with E-state index in [1.165, 1.54) is 27.5 Å². The van der Waals surface area contributed by atoms with Gasteiger partial charge in [0.1, 0.15) is 0 Å². The molecule has 0 saturated heterocycles. The van der Waals surface area contributed by atoms with Crippen LogP contribution >= 0.6 is 0 Å². The van der Waals surface area contributed by atoms with E-state index in [-0.39, 0.29) is 16.2 Å². The number of para-hydroxylation sites is 1. The third-order valence-electron chi connectivity index (χ3n) is 11.3. The van der Waals surface area contributed by atoms with Crippen LogP contribution in [-0.2, 0) is 16.2 Å². The van der Waals surface area contributed by atoms with E-state index in [1.807, 2.05) is 12.3 Å². The molecule has 0 fully saturated rings. The molecule has 0 aliphatic carbocycles. The monoisotopic (exact) mass is 757 g/mol. The van der Waals surface area contributed by atoms with E-state index in [1.54, 1.807) is 0 Å². The molecule has 0 aliphatic rings. The maximum absolute atomic E-state index is 4.84. The lowest BCUT2D eigenvalue weighted by Gasteiger charge is -2.36. The highest BCUT2D eigenvalue weighted by Crippen LogP contribution is 2.51. The average molecular weight is 758 g/mol. The summed E-state index contributed by atoms with van der Waals surface area (Å²) >= 11 is 0. The molecule has 0 saturated carbocycles. The molecule has 1 aromatic heterocycles. The van der Waals surface area contributed by atoms with Crippen LogP contribution in [0.4, 0.5) is 34.1 Å². The molecule has 3 heteroatoms.